The number of carbonyl (C=O) groups excluding carboxylic acids is 1. The molecule has 0 spiro atoms. The number of hydrogen-bond donors (Lipinski definition) is 1. The molecule has 0 radical (unpaired) electrons. The van der Waals surface area contributed by atoms with E-state index >= 15 is 0 Å². The molecule has 2 aromatic heterocycles. The van der Waals surface area contributed by atoms with Gasteiger partial charge < -0.3 is 9.72 Å². The summed E-state index contributed by atoms with van der Waals surface area (Å²) in [5.41, 5.74) is 4.07. The SMILES string of the molecule is Cc1ccc(CCC(=O)Nc2ccc3nccn3c2)cc1. The number of rotatable bonds is 4. The van der Waals surface area contributed by atoms with Crippen LogP contribution in [0.15, 0.2) is 55.0 Å². The molecule has 2 heterocycles. The quantitative estimate of drug-likeness (QED) is 0.797. The summed E-state index contributed by atoms with van der Waals surface area (Å²) in [5, 5.41) is 2.92. The van der Waals surface area contributed by atoms with Gasteiger partial charge in [0, 0.05) is 25.0 Å². The Labute approximate surface area is 123 Å². The number of fused-ring (bicyclic) bond motifs is 1. The predicted octanol–water partition coefficient (Wildman–Crippen LogP) is 3.21. The molecule has 4 heteroatoms. The Hall–Kier alpha value is -2.62. The van der Waals surface area contributed by atoms with Crippen molar-refractivity contribution in [3.8, 4) is 0 Å². The molecule has 0 saturated heterocycles. The van der Waals surface area contributed by atoms with Crippen LogP contribution in [0.25, 0.3) is 5.65 Å². The minimum Gasteiger partial charge on any atom is -0.325 e. The normalized spacial score (nSPS) is 10.7. The molecule has 0 bridgehead atoms. The van der Waals surface area contributed by atoms with E-state index in [4.69, 9.17) is 0 Å². The van der Waals surface area contributed by atoms with Crippen molar-refractivity contribution in [2.24, 2.45) is 0 Å². The maximum atomic E-state index is 12.0. The molecule has 0 atom stereocenters. The third kappa shape index (κ3) is 3.28. The van der Waals surface area contributed by atoms with E-state index in [1.807, 2.05) is 28.9 Å². The lowest BCUT2D eigenvalue weighted by Gasteiger charge is -2.06. The Morgan fingerprint density at radius 1 is 1.19 bits per heavy atom. The molecular weight excluding hydrogens is 262 g/mol. The van der Waals surface area contributed by atoms with Crippen molar-refractivity contribution in [1.82, 2.24) is 9.38 Å². The smallest absolute Gasteiger partial charge is 0.224 e. The number of amides is 1. The van der Waals surface area contributed by atoms with Gasteiger partial charge in [-0.05, 0) is 31.0 Å². The third-order valence-corrected chi connectivity index (χ3v) is 3.43. The lowest BCUT2D eigenvalue weighted by molar-refractivity contribution is -0.116. The van der Waals surface area contributed by atoms with Gasteiger partial charge in [-0.25, -0.2) is 4.98 Å². The fourth-order valence-corrected chi connectivity index (χ4v) is 2.23. The highest BCUT2D eigenvalue weighted by atomic mass is 16.1. The molecule has 3 rings (SSSR count). The van der Waals surface area contributed by atoms with Gasteiger partial charge in [-0.2, -0.15) is 0 Å². The first-order chi connectivity index (χ1) is 10.2. The average molecular weight is 279 g/mol. The number of pyridine rings is 1. The van der Waals surface area contributed by atoms with Crippen LogP contribution in [0, 0.1) is 6.92 Å². The Morgan fingerprint density at radius 3 is 2.81 bits per heavy atom. The first-order valence-electron chi connectivity index (χ1n) is 6.99. The minimum absolute atomic E-state index is 0.0232. The topological polar surface area (TPSA) is 46.4 Å². The summed E-state index contributed by atoms with van der Waals surface area (Å²) < 4.78 is 1.88. The zero-order valence-corrected chi connectivity index (χ0v) is 11.9. The number of nitrogens with one attached hydrogen (secondary N) is 1. The first-order valence-corrected chi connectivity index (χ1v) is 6.99. The second kappa shape index (κ2) is 5.79. The van der Waals surface area contributed by atoms with E-state index < -0.39 is 0 Å². The summed E-state index contributed by atoms with van der Waals surface area (Å²) in [7, 11) is 0. The highest BCUT2D eigenvalue weighted by molar-refractivity contribution is 5.90. The van der Waals surface area contributed by atoms with Crippen molar-refractivity contribution >= 4 is 17.2 Å². The van der Waals surface area contributed by atoms with Gasteiger partial charge in [0.1, 0.15) is 5.65 Å². The van der Waals surface area contributed by atoms with Crippen LogP contribution in [0.3, 0.4) is 0 Å². The van der Waals surface area contributed by atoms with Crippen LogP contribution >= 0.6 is 0 Å². The zero-order valence-electron chi connectivity index (χ0n) is 11.9. The van der Waals surface area contributed by atoms with Crippen molar-refractivity contribution in [2.45, 2.75) is 19.8 Å². The summed E-state index contributed by atoms with van der Waals surface area (Å²) in [4.78, 5) is 16.2. The molecule has 0 aliphatic rings. The van der Waals surface area contributed by atoms with E-state index in [1.54, 1.807) is 6.20 Å². The number of aryl methyl sites for hydroxylation is 2. The van der Waals surface area contributed by atoms with Gasteiger partial charge in [-0.15, -0.1) is 0 Å². The van der Waals surface area contributed by atoms with Gasteiger partial charge in [0.2, 0.25) is 5.91 Å². The molecule has 1 N–H and O–H groups in total. The van der Waals surface area contributed by atoms with Crippen LogP contribution in [0.1, 0.15) is 17.5 Å². The van der Waals surface area contributed by atoms with Crippen molar-refractivity contribution in [1.29, 1.82) is 0 Å². The molecule has 3 aromatic rings. The summed E-state index contributed by atoms with van der Waals surface area (Å²) in [6, 6.07) is 12.0. The van der Waals surface area contributed by atoms with E-state index in [0.29, 0.717) is 6.42 Å². The maximum Gasteiger partial charge on any atom is 0.224 e. The summed E-state index contributed by atoms with van der Waals surface area (Å²) in [6.07, 6.45) is 6.69. The number of anilines is 1. The van der Waals surface area contributed by atoms with E-state index in [2.05, 4.69) is 41.5 Å². The lowest BCUT2D eigenvalue weighted by Crippen LogP contribution is -2.12. The van der Waals surface area contributed by atoms with Crippen LogP contribution in [0.5, 0.6) is 0 Å². The zero-order chi connectivity index (χ0) is 14.7. The predicted molar refractivity (Wildman–Crippen MR) is 83.3 cm³/mol. The van der Waals surface area contributed by atoms with Crippen LogP contribution in [-0.2, 0) is 11.2 Å². The molecule has 21 heavy (non-hydrogen) atoms. The first kappa shape index (κ1) is 13.4. The van der Waals surface area contributed by atoms with Crippen molar-refractivity contribution in [2.75, 3.05) is 5.32 Å². The monoisotopic (exact) mass is 279 g/mol. The summed E-state index contributed by atoms with van der Waals surface area (Å²) in [6.45, 7) is 2.06. The van der Waals surface area contributed by atoms with Crippen LogP contribution in [0.2, 0.25) is 0 Å². The second-order valence-corrected chi connectivity index (χ2v) is 5.14. The largest absolute Gasteiger partial charge is 0.325 e. The fraction of sp³-hybridized carbons (Fsp3) is 0.176. The van der Waals surface area contributed by atoms with E-state index in [0.717, 1.165) is 17.8 Å². The number of benzene rings is 1. The van der Waals surface area contributed by atoms with E-state index in [-0.39, 0.29) is 5.91 Å². The molecule has 1 amide bonds. The standard InChI is InChI=1S/C17H17N3O/c1-13-2-4-14(5-3-13)6-9-17(21)19-15-7-8-16-18-10-11-20(16)12-15/h2-5,7-8,10-12H,6,9H2,1H3,(H,19,21). The van der Waals surface area contributed by atoms with Crippen molar-refractivity contribution < 1.29 is 4.79 Å². The van der Waals surface area contributed by atoms with Crippen LogP contribution < -0.4 is 5.32 Å². The molecule has 0 aliphatic heterocycles. The van der Waals surface area contributed by atoms with E-state index in [1.165, 1.54) is 11.1 Å². The van der Waals surface area contributed by atoms with Crippen molar-refractivity contribution in [3.63, 3.8) is 0 Å². The molecule has 106 valence electrons. The van der Waals surface area contributed by atoms with Crippen LogP contribution in [0.4, 0.5) is 5.69 Å². The van der Waals surface area contributed by atoms with Gasteiger partial charge in [-0.3, -0.25) is 4.79 Å². The number of imidazole rings is 1. The summed E-state index contributed by atoms with van der Waals surface area (Å²) >= 11 is 0. The number of nitrogens with zero attached hydrogens (tertiary/aromatic N) is 2. The number of carbonyl (C=O) groups is 1. The molecule has 0 aliphatic carbocycles. The van der Waals surface area contributed by atoms with E-state index in [9.17, 15) is 4.79 Å². The second-order valence-electron chi connectivity index (χ2n) is 5.14. The Balaban J connectivity index is 1.59. The Bertz CT molecular complexity index is 759. The fourth-order valence-electron chi connectivity index (χ4n) is 2.23. The van der Waals surface area contributed by atoms with Gasteiger partial charge in [-0.1, -0.05) is 29.8 Å². The van der Waals surface area contributed by atoms with Gasteiger partial charge >= 0.3 is 0 Å². The van der Waals surface area contributed by atoms with Gasteiger partial charge in [0.15, 0.2) is 0 Å². The average Bonchev–Trinajstić information content (AvgIpc) is 2.94. The molecule has 0 unspecified atom stereocenters. The maximum absolute atomic E-state index is 12.0. The summed E-state index contributed by atoms with van der Waals surface area (Å²) in [5.74, 6) is 0.0232. The molecule has 1 aromatic carbocycles. The van der Waals surface area contributed by atoms with Crippen LogP contribution in [-0.4, -0.2) is 15.3 Å². The Kier molecular flexibility index (Phi) is 3.69. The lowest BCUT2D eigenvalue weighted by atomic mass is 10.1. The molecule has 0 fully saturated rings. The molecular formula is C17H17N3O. The highest BCUT2D eigenvalue weighted by Crippen LogP contribution is 2.11. The highest BCUT2D eigenvalue weighted by Gasteiger charge is 2.04. The Morgan fingerprint density at radius 2 is 2.00 bits per heavy atom. The third-order valence-electron chi connectivity index (χ3n) is 3.43. The van der Waals surface area contributed by atoms with Gasteiger partial charge in [0.25, 0.3) is 0 Å². The molecule has 4 nitrogen and oxygen atoms in total. The van der Waals surface area contributed by atoms with Crippen molar-refractivity contribution in [3.05, 3.63) is 66.1 Å². The number of aromatic nitrogens is 2. The number of hydrogen-bond acceptors (Lipinski definition) is 2. The molecule has 0 saturated carbocycles. The van der Waals surface area contributed by atoms with Gasteiger partial charge in [0.05, 0.1) is 5.69 Å². The minimum atomic E-state index is 0.0232.